The minimum Gasteiger partial charge on any atom is -0.481 e. The number of para-hydroxylation sites is 2. The zero-order valence-corrected chi connectivity index (χ0v) is 18.6. The van der Waals surface area contributed by atoms with Crippen LogP contribution in [0.5, 0.6) is 0 Å². The summed E-state index contributed by atoms with van der Waals surface area (Å²) in [6.07, 6.45) is -0.303. The number of carbonyl (C=O) groups excluding carboxylic acids is 2. The van der Waals surface area contributed by atoms with Crippen LogP contribution in [0.2, 0.25) is 0 Å². The molecule has 0 bridgehead atoms. The summed E-state index contributed by atoms with van der Waals surface area (Å²) in [5, 5.41) is 11.4. The first kappa shape index (κ1) is 22.0. The van der Waals surface area contributed by atoms with Crippen LogP contribution in [0, 0.1) is 0 Å². The summed E-state index contributed by atoms with van der Waals surface area (Å²) in [6, 6.07) is 22.9. The molecule has 1 heterocycles. The van der Waals surface area contributed by atoms with Crippen molar-refractivity contribution in [2.45, 2.75) is 27.5 Å². The first-order valence-electron chi connectivity index (χ1n) is 9.94. The van der Waals surface area contributed by atoms with Gasteiger partial charge in [0.25, 0.3) is 0 Å². The molecule has 32 heavy (non-hydrogen) atoms. The maximum atomic E-state index is 13.3. The number of amides is 2. The van der Waals surface area contributed by atoms with Gasteiger partial charge in [-0.25, -0.2) is 0 Å². The second-order valence-electron chi connectivity index (χ2n) is 7.03. The molecular weight excluding hydrogens is 444 g/mol. The lowest BCUT2D eigenvalue weighted by Crippen LogP contribution is -2.29. The van der Waals surface area contributed by atoms with Crippen molar-refractivity contribution >= 4 is 58.4 Å². The van der Waals surface area contributed by atoms with Crippen LogP contribution in [0.15, 0.2) is 87.5 Å². The molecule has 2 amide bonds. The molecule has 2 N–H and O–H groups in total. The third-order valence-corrected chi connectivity index (χ3v) is 6.84. The number of hydrogen-bond donors (Lipinski definition) is 2. The summed E-state index contributed by atoms with van der Waals surface area (Å²) < 4.78 is 0. The molecule has 1 aliphatic rings. The molecule has 0 saturated carbocycles. The van der Waals surface area contributed by atoms with E-state index in [-0.39, 0.29) is 30.4 Å². The number of hydrogen-bond acceptors (Lipinski definition) is 5. The van der Waals surface area contributed by atoms with E-state index in [0.29, 0.717) is 5.69 Å². The molecule has 0 aromatic heterocycles. The number of nitrogens with one attached hydrogen (secondary N) is 1. The van der Waals surface area contributed by atoms with Gasteiger partial charge in [-0.15, -0.1) is 11.8 Å². The normalized spacial score (nSPS) is 11.9. The Bertz CT molecular complexity index is 1140. The number of thioether (sulfide) groups is 1. The molecule has 0 saturated heterocycles. The standard InChI is InChI=1S/C24H20N2O4S2/c27-22(12-13-24(29)30)25-16-6-5-7-17(14-16)31-15-23(28)26-18-8-1-3-10-20(18)32-21-11-4-2-9-19(21)26/h1-11,14H,12-13,15H2,(H,25,27)(H,29,30). The lowest BCUT2D eigenvalue weighted by molar-refractivity contribution is -0.138. The summed E-state index contributed by atoms with van der Waals surface area (Å²) in [6.45, 7) is 0. The Morgan fingerprint density at radius 2 is 1.53 bits per heavy atom. The molecule has 0 aliphatic carbocycles. The molecule has 1 aliphatic heterocycles. The van der Waals surface area contributed by atoms with Crippen LogP contribution in [0.3, 0.4) is 0 Å². The van der Waals surface area contributed by atoms with Gasteiger partial charge in [0.05, 0.1) is 23.5 Å². The number of rotatable bonds is 7. The lowest BCUT2D eigenvalue weighted by atomic mass is 10.2. The van der Waals surface area contributed by atoms with Crippen molar-refractivity contribution in [1.29, 1.82) is 0 Å². The number of fused-ring (bicyclic) bond motifs is 2. The molecule has 3 aromatic carbocycles. The highest BCUT2D eigenvalue weighted by Gasteiger charge is 2.27. The van der Waals surface area contributed by atoms with Crippen molar-refractivity contribution < 1.29 is 19.5 Å². The van der Waals surface area contributed by atoms with Gasteiger partial charge < -0.3 is 10.4 Å². The predicted octanol–water partition coefficient (Wildman–Crippen LogP) is 5.41. The highest BCUT2D eigenvalue weighted by molar-refractivity contribution is 8.00. The first-order valence-corrected chi connectivity index (χ1v) is 11.7. The molecule has 0 unspecified atom stereocenters. The van der Waals surface area contributed by atoms with E-state index in [1.807, 2.05) is 54.6 Å². The largest absolute Gasteiger partial charge is 0.481 e. The Morgan fingerprint density at radius 1 is 0.875 bits per heavy atom. The molecule has 0 radical (unpaired) electrons. The smallest absolute Gasteiger partial charge is 0.303 e. The Kier molecular flexibility index (Phi) is 6.82. The average molecular weight is 465 g/mol. The maximum absolute atomic E-state index is 13.3. The summed E-state index contributed by atoms with van der Waals surface area (Å²) >= 11 is 3.04. The summed E-state index contributed by atoms with van der Waals surface area (Å²) in [4.78, 5) is 40.5. The Hall–Kier alpha value is -3.23. The van der Waals surface area contributed by atoms with Gasteiger partial charge in [0.1, 0.15) is 0 Å². The second kappa shape index (κ2) is 9.93. The van der Waals surface area contributed by atoms with E-state index in [1.165, 1.54) is 11.8 Å². The van der Waals surface area contributed by atoms with Gasteiger partial charge >= 0.3 is 5.97 Å². The fourth-order valence-electron chi connectivity index (χ4n) is 3.29. The average Bonchev–Trinajstić information content (AvgIpc) is 2.80. The fourth-order valence-corrected chi connectivity index (χ4v) is 5.15. The summed E-state index contributed by atoms with van der Waals surface area (Å²) in [5.41, 5.74) is 2.32. The maximum Gasteiger partial charge on any atom is 0.303 e. The Labute approximate surface area is 194 Å². The number of anilines is 3. The van der Waals surface area contributed by atoms with E-state index in [9.17, 15) is 14.4 Å². The van der Waals surface area contributed by atoms with Crippen LogP contribution in [0.1, 0.15) is 12.8 Å². The SMILES string of the molecule is O=C(O)CCC(=O)Nc1cccc(SCC(=O)N2c3ccccc3Sc3ccccc32)c1. The minimum absolute atomic E-state index is 0.0360. The second-order valence-corrected chi connectivity index (χ2v) is 9.16. The number of aliphatic carboxylic acids is 1. The molecular formula is C24H20N2O4S2. The van der Waals surface area contributed by atoms with E-state index in [2.05, 4.69) is 5.32 Å². The van der Waals surface area contributed by atoms with Gasteiger partial charge in [0, 0.05) is 26.8 Å². The molecule has 6 nitrogen and oxygen atoms in total. The topological polar surface area (TPSA) is 86.7 Å². The molecule has 8 heteroatoms. The van der Waals surface area contributed by atoms with E-state index >= 15 is 0 Å². The van der Waals surface area contributed by atoms with Gasteiger partial charge in [-0.1, -0.05) is 42.1 Å². The van der Waals surface area contributed by atoms with E-state index in [0.717, 1.165) is 26.1 Å². The van der Waals surface area contributed by atoms with Crippen LogP contribution < -0.4 is 10.2 Å². The highest BCUT2D eigenvalue weighted by atomic mass is 32.2. The first-order chi connectivity index (χ1) is 15.5. The van der Waals surface area contributed by atoms with Gasteiger partial charge in [-0.3, -0.25) is 19.3 Å². The quantitative estimate of drug-likeness (QED) is 0.455. The van der Waals surface area contributed by atoms with Crippen LogP contribution in [0.4, 0.5) is 17.1 Å². The third kappa shape index (κ3) is 5.15. The van der Waals surface area contributed by atoms with Crippen LogP contribution in [-0.2, 0) is 14.4 Å². The number of benzene rings is 3. The molecule has 4 rings (SSSR count). The van der Waals surface area contributed by atoms with E-state index < -0.39 is 5.97 Å². The highest BCUT2D eigenvalue weighted by Crippen LogP contribution is 2.48. The van der Waals surface area contributed by atoms with Gasteiger partial charge in [0.2, 0.25) is 11.8 Å². The summed E-state index contributed by atoms with van der Waals surface area (Å²) in [7, 11) is 0. The van der Waals surface area contributed by atoms with Gasteiger partial charge in [-0.2, -0.15) is 0 Å². The van der Waals surface area contributed by atoms with Crippen molar-refractivity contribution in [1.82, 2.24) is 0 Å². The molecule has 3 aromatic rings. The van der Waals surface area contributed by atoms with Crippen molar-refractivity contribution in [3.8, 4) is 0 Å². The van der Waals surface area contributed by atoms with Crippen molar-refractivity contribution in [3.63, 3.8) is 0 Å². The number of carbonyl (C=O) groups is 3. The van der Waals surface area contributed by atoms with Gasteiger partial charge in [-0.05, 0) is 42.5 Å². The fraction of sp³-hybridized carbons (Fsp3) is 0.125. The monoisotopic (exact) mass is 464 g/mol. The van der Waals surface area contributed by atoms with Crippen LogP contribution >= 0.6 is 23.5 Å². The van der Waals surface area contributed by atoms with Crippen molar-refractivity contribution in [2.24, 2.45) is 0 Å². The van der Waals surface area contributed by atoms with Crippen molar-refractivity contribution in [2.75, 3.05) is 16.0 Å². The zero-order chi connectivity index (χ0) is 22.5. The Balaban J connectivity index is 1.46. The molecule has 0 fully saturated rings. The van der Waals surface area contributed by atoms with Crippen LogP contribution in [-0.4, -0.2) is 28.6 Å². The van der Waals surface area contributed by atoms with E-state index in [1.54, 1.807) is 34.9 Å². The minimum atomic E-state index is -1.01. The Morgan fingerprint density at radius 3 is 2.19 bits per heavy atom. The zero-order valence-electron chi connectivity index (χ0n) is 17.0. The third-order valence-electron chi connectivity index (χ3n) is 4.73. The number of carboxylic acid groups (broad SMARTS) is 1. The van der Waals surface area contributed by atoms with Crippen LogP contribution in [0.25, 0.3) is 0 Å². The number of carboxylic acids is 1. The van der Waals surface area contributed by atoms with Gasteiger partial charge in [0.15, 0.2) is 0 Å². The van der Waals surface area contributed by atoms with E-state index in [4.69, 9.17) is 5.11 Å². The molecule has 0 atom stereocenters. The predicted molar refractivity (Wildman–Crippen MR) is 127 cm³/mol. The molecule has 0 spiro atoms. The lowest BCUT2D eigenvalue weighted by Gasteiger charge is -2.31. The number of nitrogens with zero attached hydrogens (tertiary/aromatic N) is 1. The molecule has 162 valence electrons. The van der Waals surface area contributed by atoms with Crippen molar-refractivity contribution in [3.05, 3.63) is 72.8 Å². The summed E-state index contributed by atoms with van der Waals surface area (Å²) in [5.74, 6) is -1.18.